The molecule has 98 valence electrons. The van der Waals surface area contributed by atoms with E-state index in [0.717, 1.165) is 19.4 Å². The van der Waals surface area contributed by atoms with Gasteiger partial charge in [-0.15, -0.1) is 0 Å². The Bertz CT molecular complexity index is 251. The maximum atomic E-state index is 11.9. The molecule has 2 fully saturated rings. The van der Waals surface area contributed by atoms with Crippen LogP contribution in [0.15, 0.2) is 0 Å². The van der Waals surface area contributed by atoms with E-state index in [1.165, 1.54) is 25.7 Å². The van der Waals surface area contributed by atoms with E-state index in [4.69, 9.17) is 5.73 Å². The number of amides is 1. The smallest absolute Gasteiger partial charge is 0.221 e. The van der Waals surface area contributed by atoms with Crippen molar-refractivity contribution in [1.82, 2.24) is 10.6 Å². The first-order valence-electron chi connectivity index (χ1n) is 7.02. The zero-order valence-corrected chi connectivity index (χ0v) is 10.6. The summed E-state index contributed by atoms with van der Waals surface area (Å²) >= 11 is 0. The van der Waals surface area contributed by atoms with Gasteiger partial charge in [0.25, 0.3) is 0 Å². The first kappa shape index (κ1) is 12.8. The van der Waals surface area contributed by atoms with Crippen molar-refractivity contribution in [2.45, 2.75) is 57.0 Å². The van der Waals surface area contributed by atoms with Crippen molar-refractivity contribution in [3.05, 3.63) is 0 Å². The fourth-order valence-electron chi connectivity index (χ4n) is 3.10. The van der Waals surface area contributed by atoms with Crippen LogP contribution < -0.4 is 16.4 Å². The monoisotopic (exact) mass is 239 g/mol. The van der Waals surface area contributed by atoms with Crippen LogP contribution in [0.5, 0.6) is 0 Å². The minimum Gasteiger partial charge on any atom is -0.353 e. The zero-order valence-electron chi connectivity index (χ0n) is 10.6. The van der Waals surface area contributed by atoms with Crippen LogP contribution in [0.3, 0.4) is 0 Å². The molecular weight excluding hydrogens is 214 g/mol. The molecule has 2 rings (SSSR count). The number of carbonyl (C=O) groups excluding carboxylic acids is 1. The van der Waals surface area contributed by atoms with E-state index >= 15 is 0 Å². The minimum atomic E-state index is 0.203. The Morgan fingerprint density at radius 2 is 2.06 bits per heavy atom. The lowest BCUT2D eigenvalue weighted by Gasteiger charge is -2.31. The second kappa shape index (κ2) is 6.36. The van der Waals surface area contributed by atoms with Gasteiger partial charge in [-0.1, -0.05) is 12.8 Å². The molecule has 1 saturated carbocycles. The third kappa shape index (κ3) is 3.68. The molecule has 0 aromatic carbocycles. The molecule has 0 bridgehead atoms. The first-order valence-corrected chi connectivity index (χ1v) is 7.02. The summed E-state index contributed by atoms with van der Waals surface area (Å²) in [5, 5.41) is 6.55. The minimum absolute atomic E-state index is 0.203. The molecule has 2 aliphatic rings. The fourth-order valence-corrected chi connectivity index (χ4v) is 3.10. The van der Waals surface area contributed by atoms with Crippen LogP contribution in [-0.4, -0.2) is 31.1 Å². The Morgan fingerprint density at radius 3 is 2.76 bits per heavy atom. The first-order chi connectivity index (χ1) is 8.29. The third-order valence-corrected chi connectivity index (χ3v) is 4.15. The van der Waals surface area contributed by atoms with E-state index in [1.807, 2.05) is 0 Å². The predicted molar refractivity (Wildman–Crippen MR) is 68.6 cm³/mol. The second-order valence-corrected chi connectivity index (χ2v) is 5.45. The van der Waals surface area contributed by atoms with Crippen molar-refractivity contribution in [1.29, 1.82) is 0 Å². The molecule has 1 heterocycles. The van der Waals surface area contributed by atoms with Crippen molar-refractivity contribution < 1.29 is 4.79 Å². The largest absolute Gasteiger partial charge is 0.353 e. The zero-order chi connectivity index (χ0) is 12.1. The molecule has 3 unspecified atom stereocenters. The number of hydrogen-bond acceptors (Lipinski definition) is 3. The van der Waals surface area contributed by atoms with Crippen molar-refractivity contribution in [2.75, 3.05) is 13.1 Å². The molecule has 4 nitrogen and oxygen atoms in total. The van der Waals surface area contributed by atoms with Gasteiger partial charge in [0, 0.05) is 18.5 Å². The topological polar surface area (TPSA) is 67.1 Å². The number of nitrogens with one attached hydrogen (secondary N) is 2. The van der Waals surface area contributed by atoms with Crippen LogP contribution in [0.25, 0.3) is 0 Å². The van der Waals surface area contributed by atoms with Gasteiger partial charge in [-0.2, -0.15) is 0 Å². The molecule has 1 amide bonds. The molecule has 1 saturated heterocycles. The molecular formula is C13H25N3O. The highest BCUT2D eigenvalue weighted by Gasteiger charge is 2.26. The summed E-state index contributed by atoms with van der Waals surface area (Å²) in [5.41, 5.74) is 5.77. The highest BCUT2D eigenvalue weighted by atomic mass is 16.1. The van der Waals surface area contributed by atoms with E-state index in [9.17, 15) is 4.79 Å². The summed E-state index contributed by atoms with van der Waals surface area (Å²) < 4.78 is 0. The summed E-state index contributed by atoms with van der Waals surface area (Å²) in [6, 6.07) is 0.720. The normalized spacial score (nSPS) is 33.6. The summed E-state index contributed by atoms with van der Waals surface area (Å²) in [4.78, 5) is 11.9. The maximum absolute atomic E-state index is 11.9. The van der Waals surface area contributed by atoms with Gasteiger partial charge in [0.2, 0.25) is 5.91 Å². The van der Waals surface area contributed by atoms with Gasteiger partial charge in [-0.05, 0) is 44.7 Å². The number of hydrogen-bond donors (Lipinski definition) is 3. The van der Waals surface area contributed by atoms with E-state index in [2.05, 4.69) is 10.6 Å². The van der Waals surface area contributed by atoms with E-state index in [-0.39, 0.29) is 5.91 Å². The molecule has 0 radical (unpaired) electrons. The molecule has 1 aliphatic heterocycles. The van der Waals surface area contributed by atoms with Gasteiger partial charge in [0.05, 0.1) is 0 Å². The van der Waals surface area contributed by atoms with Crippen LogP contribution >= 0.6 is 0 Å². The average Bonchev–Trinajstić information content (AvgIpc) is 2.82. The van der Waals surface area contributed by atoms with Crippen LogP contribution in [0.2, 0.25) is 0 Å². The third-order valence-electron chi connectivity index (χ3n) is 4.15. The molecule has 0 spiro atoms. The summed E-state index contributed by atoms with van der Waals surface area (Å²) in [6.07, 6.45) is 7.73. The Kier molecular flexibility index (Phi) is 4.80. The maximum Gasteiger partial charge on any atom is 0.221 e. The highest BCUT2D eigenvalue weighted by molar-refractivity contribution is 5.77. The van der Waals surface area contributed by atoms with Crippen LogP contribution in [0.1, 0.15) is 44.9 Å². The van der Waals surface area contributed by atoms with E-state index < -0.39 is 0 Å². The molecule has 0 aromatic heterocycles. The van der Waals surface area contributed by atoms with Gasteiger partial charge in [0.1, 0.15) is 0 Å². The average molecular weight is 239 g/mol. The Hall–Kier alpha value is -0.610. The Balaban J connectivity index is 1.75. The quantitative estimate of drug-likeness (QED) is 0.678. The van der Waals surface area contributed by atoms with Gasteiger partial charge in [-0.3, -0.25) is 4.79 Å². The van der Waals surface area contributed by atoms with Gasteiger partial charge >= 0.3 is 0 Å². The number of nitrogens with two attached hydrogens (primary N) is 1. The molecule has 4 heteroatoms. The molecule has 1 aliphatic carbocycles. The molecule has 4 N–H and O–H groups in total. The van der Waals surface area contributed by atoms with Crippen LogP contribution in [-0.2, 0) is 4.79 Å². The Labute approximate surface area is 104 Å². The van der Waals surface area contributed by atoms with Crippen molar-refractivity contribution in [3.8, 4) is 0 Å². The molecule has 0 aromatic rings. The lowest BCUT2D eigenvalue weighted by molar-refractivity contribution is -0.122. The van der Waals surface area contributed by atoms with Gasteiger partial charge < -0.3 is 16.4 Å². The van der Waals surface area contributed by atoms with Crippen molar-refractivity contribution in [3.63, 3.8) is 0 Å². The summed E-state index contributed by atoms with van der Waals surface area (Å²) in [6.45, 7) is 1.76. The van der Waals surface area contributed by atoms with Gasteiger partial charge in [-0.25, -0.2) is 0 Å². The standard InChI is InChI=1S/C13H25N3O/c14-9-10-4-1-2-6-12(10)16-13(17)8-11-5-3-7-15-11/h10-12,15H,1-9,14H2,(H,16,17). The van der Waals surface area contributed by atoms with Crippen molar-refractivity contribution >= 4 is 5.91 Å². The van der Waals surface area contributed by atoms with E-state index in [1.54, 1.807) is 0 Å². The van der Waals surface area contributed by atoms with E-state index in [0.29, 0.717) is 31.0 Å². The highest BCUT2D eigenvalue weighted by Crippen LogP contribution is 2.23. The van der Waals surface area contributed by atoms with Gasteiger partial charge in [0.15, 0.2) is 0 Å². The molecule has 17 heavy (non-hydrogen) atoms. The lowest BCUT2D eigenvalue weighted by Crippen LogP contribution is -2.46. The van der Waals surface area contributed by atoms with Crippen LogP contribution in [0, 0.1) is 5.92 Å². The summed E-state index contributed by atoms with van der Waals surface area (Å²) in [5.74, 6) is 0.694. The number of rotatable bonds is 4. The lowest BCUT2D eigenvalue weighted by atomic mass is 9.84. The molecule has 3 atom stereocenters. The summed E-state index contributed by atoms with van der Waals surface area (Å²) in [7, 11) is 0. The Morgan fingerprint density at radius 1 is 1.24 bits per heavy atom. The number of carbonyl (C=O) groups is 1. The van der Waals surface area contributed by atoms with Crippen LogP contribution in [0.4, 0.5) is 0 Å². The predicted octanol–water partition coefficient (Wildman–Crippen LogP) is 0.762. The fraction of sp³-hybridized carbons (Fsp3) is 0.923. The SMILES string of the molecule is NCC1CCCCC1NC(=O)CC1CCCN1. The second-order valence-electron chi connectivity index (χ2n) is 5.45. The van der Waals surface area contributed by atoms with Crippen molar-refractivity contribution in [2.24, 2.45) is 11.7 Å².